The van der Waals surface area contributed by atoms with Gasteiger partial charge in [0.15, 0.2) is 0 Å². The number of hydrogen-bond acceptors (Lipinski definition) is 6. The SMILES string of the molecule is COc1ccc(COC[C@@H](OC(=O)N2CCC3(CC2)C[C@@H](c2cccc(C#N)c2)CO3)C(F)(F)F)cc1. The molecule has 2 fully saturated rings. The molecule has 2 aliphatic heterocycles. The first-order valence-electron chi connectivity index (χ1n) is 12.1. The van der Waals surface area contributed by atoms with E-state index in [1.165, 1.54) is 12.0 Å². The van der Waals surface area contributed by atoms with E-state index in [4.69, 9.17) is 24.2 Å². The number of alkyl halides is 3. The van der Waals surface area contributed by atoms with Gasteiger partial charge < -0.3 is 23.8 Å². The number of carbonyl (C=O) groups excluding carboxylic acids is 1. The van der Waals surface area contributed by atoms with Crippen LogP contribution in [0.3, 0.4) is 0 Å². The highest BCUT2D eigenvalue weighted by molar-refractivity contribution is 5.68. The topological polar surface area (TPSA) is 81.0 Å². The highest BCUT2D eigenvalue weighted by atomic mass is 19.4. The Morgan fingerprint density at radius 2 is 1.95 bits per heavy atom. The van der Waals surface area contributed by atoms with Crippen molar-refractivity contribution in [2.45, 2.75) is 49.7 Å². The van der Waals surface area contributed by atoms with Crippen molar-refractivity contribution in [2.24, 2.45) is 0 Å². The van der Waals surface area contributed by atoms with Gasteiger partial charge in [-0.3, -0.25) is 0 Å². The summed E-state index contributed by atoms with van der Waals surface area (Å²) in [4.78, 5) is 13.9. The minimum absolute atomic E-state index is 0.0594. The summed E-state index contributed by atoms with van der Waals surface area (Å²) in [5.74, 6) is 0.755. The molecule has 4 rings (SSSR count). The number of benzene rings is 2. The van der Waals surface area contributed by atoms with E-state index in [0.29, 0.717) is 36.3 Å². The van der Waals surface area contributed by atoms with Crippen molar-refractivity contribution in [1.29, 1.82) is 5.26 Å². The number of piperidine rings is 1. The van der Waals surface area contributed by atoms with Gasteiger partial charge in [-0.15, -0.1) is 0 Å². The fourth-order valence-electron chi connectivity index (χ4n) is 4.76. The Kier molecular flexibility index (Phi) is 8.25. The van der Waals surface area contributed by atoms with Crippen molar-refractivity contribution in [3.63, 3.8) is 0 Å². The molecule has 0 aromatic heterocycles. The van der Waals surface area contributed by atoms with Gasteiger partial charge in [0.1, 0.15) is 5.75 Å². The molecule has 2 saturated heterocycles. The first-order valence-corrected chi connectivity index (χ1v) is 12.1. The minimum Gasteiger partial charge on any atom is -0.497 e. The average Bonchev–Trinajstić information content (AvgIpc) is 3.31. The number of nitriles is 1. The average molecular weight is 519 g/mol. The zero-order valence-electron chi connectivity index (χ0n) is 20.5. The van der Waals surface area contributed by atoms with Crippen LogP contribution < -0.4 is 4.74 Å². The van der Waals surface area contributed by atoms with Crippen molar-refractivity contribution in [3.05, 3.63) is 65.2 Å². The van der Waals surface area contributed by atoms with Gasteiger partial charge in [0.05, 0.1) is 44.2 Å². The van der Waals surface area contributed by atoms with E-state index < -0.39 is 30.6 Å². The van der Waals surface area contributed by atoms with E-state index in [0.717, 1.165) is 12.0 Å². The molecule has 1 spiro atoms. The van der Waals surface area contributed by atoms with E-state index in [9.17, 15) is 18.0 Å². The van der Waals surface area contributed by atoms with Gasteiger partial charge in [0.25, 0.3) is 0 Å². The van der Waals surface area contributed by atoms with E-state index in [2.05, 4.69) is 6.07 Å². The molecule has 37 heavy (non-hydrogen) atoms. The number of carbonyl (C=O) groups is 1. The molecule has 0 aliphatic carbocycles. The lowest BCUT2D eigenvalue weighted by molar-refractivity contribution is -0.220. The van der Waals surface area contributed by atoms with Crippen LogP contribution in [0.5, 0.6) is 5.75 Å². The normalized spacial score (nSPS) is 19.9. The Hall–Kier alpha value is -3.29. The number of halogens is 3. The summed E-state index contributed by atoms with van der Waals surface area (Å²) >= 11 is 0. The van der Waals surface area contributed by atoms with Gasteiger partial charge in [-0.25, -0.2) is 4.79 Å². The second-order valence-electron chi connectivity index (χ2n) is 9.40. The van der Waals surface area contributed by atoms with Crippen molar-refractivity contribution < 1.29 is 36.9 Å². The van der Waals surface area contributed by atoms with Crippen LogP contribution in [0, 0.1) is 11.3 Å². The predicted octanol–water partition coefficient (Wildman–Crippen LogP) is 5.19. The summed E-state index contributed by atoms with van der Waals surface area (Å²) in [7, 11) is 1.52. The fraction of sp³-hybridized carbons (Fsp3) is 0.481. The number of rotatable bonds is 7. The summed E-state index contributed by atoms with van der Waals surface area (Å²) in [5.41, 5.74) is 1.85. The van der Waals surface area contributed by atoms with Crippen molar-refractivity contribution >= 4 is 6.09 Å². The van der Waals surface area contributed by atoms with Crippen molar-refractivity contribution in [2.75, 3.05) is 33.4 Å². The van der Waals surface area contributed by atoms with E-state index in [1.54, 1.807) is 30.3 Å². The molecule has 2 aromatic rings. The maximum absolute atomic E-state index is 13.5. The first kappa shape index (κ1) is 26.8. The van der Waals surface area contributed by atoms with Crippen LogP contribution in [0.4, 0.5) is 18.0 Å². The van der Waals surface area contributed by atoms with E-state index in [-0.39, 0.29) is 25.6 Å². The first-order chi connectivity index (χ1) is 17.7. The van der Waals surface area contributed by atoms with Crippen LogP contribution >= 0.6 is 0 Å². The number of hydrogen-bond donors (Lipinski definition) is 0. The minimum atomic E-state index is -4.76. The lowest BCUT2D eigenvalue weighted by Crippen LogP contribution is -2.49. The molecule has 0 N–H and O–H groups in total. The largest absolute Gasteiger partial charge is 0.497 e. The van der Waals surface area contributed by atoms with Crippen molar-refractivity contribution in [3.8, 4) is 11.8 Å². The molecule has 198 valence electrons. The zero-order valence-corrected chi connectivity index (χ0v) is 20.5. The molecule has 2 heterocycles. The molecule has 1 amide bonds. The van der Waals surface area contributed by atoms with E-state index in [1.807, 2.05) is 18.2 Å². The smallest absolute Gasteiger partial charge is 0.427 e. The molecule has 2 atom stereocenters. The monoisotopic (exact) mass is 518 g/mol. The van der Waals surface area contributed by atoms with Crippen LogP contribution in [-0.2, 0) is 20.8 Å². The van der Waals surface area contributed by atoms with Crippen LogP contribution in [0.2, 0.25) is 0 Å². The number of ether oxygens (including phenoxy) is 4. The number of likely N-dealkylation sites (tertiary alicyclic amines) is 1. The number of amides is 1. The van der Waals surface area contributed by atoms with Crippen LogP contribution in [0.1, 0.15) is 41.9 Å². The molecule has 0 bridgehead atoms. The summed E-state index contributed by atoms with van der Waals surface area (Å²) < 4.78 is 61.9. The highest BCUT2D eigenvalue weighted by Gasteiger charge is 2.46. The second-order valence-corrected chi connectivity index (χ2v) is 9.40. The molecule has 0 unspecified atom stereocenters. The molecular formula is C27H29F3N2O5. The molecule has 0 radical (unpaired) electrons. The molecule has 0 saturated carbocycles. The maximum Gasteiger partial charge on any atom is 0.427 e. The fourth-order valence-corrected chi connectivity index (χ4v) is 4.76. The molecule has 2 aliphatic rings. The van der Waals surface area contributed by atoms with Gasteiger partial charge in [-0.2, -0.15) is 18.4 Å². The maximum atomic E-state index is 13.5. The van der Waals surface area contributed by atoms with Crippen molar-refractivity contribution in [1.82, 2.24) is 4.90 Å². The second kappa shape index (κ2) is 11.4. The van der Waals surface area contributed by atoms with Gasteiger partial charge in [0, 0.05) is 19.0 Å². The van der Waals surface area contributed by atoms with Gasteiger partial charge in [0.2, 0.25) is 6.10 Å². The van der Waals surface area contributed by atoms with E-state index >= 15 is 0 Å². The van der Waals surface area contributed by atoms with Crippen LogP contribution in [0.25, 0.3) is 0 Å². The Labute approximate surface area is 213 Å². The third-order valence-electron chi connectivity index (χ3n) is 6.93. The lowest BCUT2D eigenvalue weighted by Gasteiger charge is -2.38. The quantitative estimate of drug-likeness (QED) is 0.502. The van der Waals surface area contributed by atoms with Gasteiger partial charge in [-0.05, 0) is 54.7 Å². The van der Waals surface area contributed by atoms with Crippen LogP contribution in [-0.4, -0.2) is 62.3 Å². The lowest BCUT2D eigenvalue weighted by atomic mass is 9.83. The standard InChI is InChI=1S/C27H29F3N2O5/c1-34-23-7-5-19(6-8-23)16-35-18-24(27(28,29)30)37-25(33)32-11-9-26(10-12-32)14-22(17-36-26)21-4-2-3-20(13-21)15-31/h2-8,13,22,24H,9-12,14,16-18H2,1H3/t22-,24-/m1/s1. The van der Waals surface area contributed by atoms with Crippen LogP contribution in [0.15, 0.2) is 48.5 Å². The Bertz CT molecular complexity index is 1110. The number of nitrogens with zero attached hydrogens (tertiary/aromatic N) is 2. The summed E-state index contributed by atoms with van der Waals surface area (Å²) in [6, 6.07) is 16.3. The summed E-state index contributed by atoms with van der Waals surface area (Å²) in [6.07, 6.45) is -6.40. The molecule has 2 aromatic carbocycles. The molecule has 7 nitrogen and oxygen atoms in total. The molecule has 10 heteroatoms. The Balaban J connectivity index is 1.27. The van der Waals surface area contributed by atoms with Gasteiger partial charge in [-0.1, -0.05) is 24.3 Å². The zero-order chi connectivity index (χ0) is 26.5. The summed E-state index contributed by atoms with van der Waals surface area (Å²) in [6.45, 7) is 0.116. The third kappa shape index (κ3) is 6.73. The van der Waals surface area contributed by atoms with Gasteiger partial charge >= 0.3 is 12.3 Å². The summed E-state index contributed by atoms with van der Waals surface area (Å²) in [5, 5.41) is 9.15. The Morgan fingerprint density at radius 1 is 1.22 bits per heavy atom. The predicted molar refractivity (Wildman–Crippen MR) is 127 cm³/mol. The Morgan fingerprint density at radius 3 is 2.59 bits per heavy atom. The molecular weight excluding hydrogens is 489 g/mol. The number of methoxy groups -OCH3 is 1. The third-order valence-corrected chi connectivity index (χ3v) is 6.93. The highest BCUT2D eigenvalue weighted by Crippen LogP contribution is 2.43.